The van der Waals surface area contributed by atoms with Crippen molar-refractivity contribution in [3.63, 3.8) is 0 Å². The van der Waals surface area contributed by atoms with E-state index in [-0.39, 0.29) is 5.69 Å². The van der Waals surface area contributed by atoms with Gasteiger partial charge in [-0.05, 0) is 0 Å². The molecule has 1 fully saturated rings. The van der Waals surface area contributed by atoms with Crippen molar-refractivity contribution in [1.29, 1.82) is 0 Å². The van der Waals surface area contributed by atoms with Gasteiger partial charge in [0.25, 0.3) is 0 Å². The van der Waals surface area contributed by atoms with Crippen molar-refractivity contribution < 1.29 is 13.9 Å². The zero-order valence-corrected chi connectivity index (χ0v) is 8.13. The molecule has 15 heavy (non-hydrogen) atoms. The van der Waals surface area contributed by atoms with E-state index in [2.05, 4.69) is 5.32 Å². The molecule has 3 nitrogen and oxygen atoms in total. The largest absolute Gasteiger partial charge is 0.505 e. The van der Waals surface area contributed by atoms with Crippen LogP contribution in [0.3, 0.4) is 0 Å². The number of hydrogen-bond donors (Lipinski definition) is 2. The topological polar surface area (TPSA) is 35.5 Å². The minimum Gasteiger partial charge on any atom is -0.505 e. The quantitative estimate of drug-likeness (QED) is 0.734. The summed E-state index contributed by atoms with van der Waals surface area (Å²) >= 11 is 0. The van der Waals surface area contributed by atoms with Crippen LogP contribution in [0, 0.1) is 11.6 Å². The fourth-order valence-electron chi connectivity index (χ4n) is 1.67. The van der Waals surface area contributed by atoms with Gasteiger partial charge in [-0.25, -0.2) is 8.78 Å². The molecule has 0 saturated carbocycles. The first-order chi connectivity index (χ1) is 7.18. The first-order valence-corrected chi connectivity index (χ1v) is 4.82. The van der Waals surface area contributed by atoms with Crippen LogP contribution in [0.15, 0.2) is 12.1 Å². The molecule has 1 aliphatic heterocycles. The van der Waals surface area contributed by atoms with Gasteiger partial charge in [0, 0.05) is 38.3 Å². The smallest absolute Gasteiger partial charge is 0.167 e. The molecule has 0 unspecified atom stereocenters. The van der Waals surface area contributed by atoms with E-state index in [4.69, 9.17) is 0 Å². The Bertz CT molecular complexity index is 365. The summed E-state index contributed by atoms with van der Waals surface area (Å²) in [5.74, 6) is -2.07. The van der Waals surface area contributed by atoms with Crippen molar-refractivity contribution in [3.8, 4) is 5.75 Å². The molecule has 1 aromatic rings. The number of halogens is 2. The molecule has 0 radical (unpaired) electrons. The number of benzene rings is 1. The van der Waals surface area contributed by atoms with Crippen molar-refractivity contribution >= 4 is 5.69 Å². The number of hydrogen-bond acceptors (Lipinski definition) is 3. The highest BCUT2D eigenvalue weighted by molar-refractivity contribution is 5.52. The van der Waals surface area contributed by atoms with Gasteiger partial charge in [-0.3, -0.25) is 0 Å². The molecular weight excluding hydrogens is 202 g/mol. The van der Waals surface area contributed by atoms with Gasteiger partial charge in [0.15, 0.2) is 11.6 Å². The summed E-state index contributed by atoms with van der Waals surface area (Å²) in [5, 5.41) is 12.3. The number of rotatable bonds is 1. The minimum atomic E-state index is -0.925. The average molecular weight is 214 g/mol. The van der Waals surface area contributed by atoms with Crippen LogP contribution in [-0.4, -0.2) is 31.3 Å². The Kier molecular flexibility index (Phi) is 2.73. The van der Waals surface area contributed by atoms with Gasteiger partial charge in [-0.1, -0.05) is 0 Å². The molecule has 1 aromatic carbocycles. The zero-order valence-electron chi connectivity index (χ0n) is 8.13. The predicted octanol–water partition coefficient (Wildman–Crippen LogP) is 1.08. The molecule has 1 aliphatic rings. The maximum Gasteiger partial charge on any atom is 0.167 e. The van der Waals surface area contributed by atoms with E-state index in [1.807, 2.05) is 0 Å². The van der Waals surface area contributed by atoms with Gasteiger partial charge in [0.1, 0.15) is 5.82 Å². The van der Waals surface area contributed by atoms with Gasteiger partial charge in [-0.15, -0.1) is 0 Å². The summed E-state index contributed by atoms with van der Waals surface area (Å²) in [4.78, 5) is 1.78. The third kappa shape index (κ3) is 2.02. The number of piperazine rings is 1. The molecule has 0 bridgehead atoms. The second-order valence-electron chi connectivity index (χ2n) is 3.49. The number of nitrogens with one attached hydrogen (secondary N) is 1. The van der Waals surface area contributed by atoms with E-state index in [0.717, 1.165) is 19.2 Å². The average Bonchev–Trinajstić information content (AvgIpc) is 2.25. The first kappa shape index (κ1) is 10.2. The Balaban J connectivity index is 2.30. The number of nitrogens with zero attached hydrogens (tertiary/aromatic N) is 1. The summed E-state index contributed by atoms with van der Waals surface area (Å²) < 4.78 is 26.2. The monoisotopic (exact) mass is 214 g/mol. The zero-order chi connectivity index (χ0) is 10.8. The summed E-state index contributed by atoms with van der Waals surface area (Å²) in [6, 6.07) is 1.85. The van der Waals surface area contributed by atoms with Crippen LogP contribution < -0.4 is 10.2 Å². The molecule has 5 heteroatoms. The summed E-state index contributed by atoms with van der Waals surface area (Å²) in [5.41, 5.74) is 0.260. The van der Waals surface area contributed by atoms with Crippen molar-refractivity contribution in [2.24, 2.45) is 0 Å². The molecule has 2 N–H and O–H groups in total. The molecule has 82 valence electrons. The van der Waals surface area contributed by atoms with Gasteiger partial charge in [0.2, 0.25) is 0 Å². The van der Waals surface area contributed by atoms with E-state index in [1.54, 1.807) is 4.90 Å². The molecule has 1 saturated heterocycles. The lowest BCUT2D eigenvalue weighted by Crippen LogP contribution is -2.43. The lowest BCUT2D eigenvalue weighted by molar-refractivity contribution is 0.427. The number of phenolic OH excluding ortho intramolecular Hbond substituents is 1. The van der Waals surface area contributed by atoms with Crippen molar-refractivity contribution in [2.45, 2.75) is 0 Å². The van der Waals surface area contributed by atoms with Crippen molar-refractivity contribution in [2.75, 3.05) is 31.1 Å². The number of phenols is 1. The maximum atomic E-state index is 13.4. The molecule has 0 amide bonds. The Morgan fingerprint density at radius 2 is 1.80 bits per heavy atom. The lowest BCUT2D eigenvalue weighted by atomic mass is 10.2. The highest BCUT2D eigenvalue weighted by Crippen LogP contribution is 2.27. The van der Waals surface area contributed by atoms with E-state index in [1.165, 1.54) is 0 Å². The third-order valence-electron chi connectivity index (χ3n) is 2.47. The van der Waals surface area contributed by atoms with Gasteiger partial charge >= 0.3 is 0 Å². The Morgan fingerprint density at radius 3 is 2.47 bits per heavy atom. The number of aromatic hydroxyl groups is 1. The predicted molar refractivity (Wildman–Crippen MR) is 53.1 cm³/mol. The standard InChI is InChI=1S/C10H12F2N2O/c11-7-5-8(12)10(15)6-9(7)14-3-1-13-2-4-14/h5-6,13,15H,1-4H2. The molecule has 0 aromatic heterocycles. The molecule has 2 rings (SSSR count). The van der Waals surface area contributed by atoms with Crippen molar-refractivity contribution in [3.05, 3.63) is 23.8 Å². The fourth-order valence-corrected chi connectivity index (χ4v) is 1.67. The van der Waals surface area contributed by atoms with Gasteiger partial charge < -0.3 is 15.3 Å². The van der Waals surface area contributed by atoms with Crippen LogP contribution in [0.25, 0.3) is 0 Å². The molecular formula is C10H12F2N2O. The second-order valence-corrected chi connectivity index (χ2v) is 3.49. The Labute approximate surface area is 86.3 Å². The van der Waals surface area contributed by atoms with E-state index in [9.17, 15) is 13.9 Å². The first-order valence-electron chi connectivity index (χ1n) is 4.82. The lowest BCUT2D eigenvalue weighted by Gasteiger charge is -2.29. The Hall–Kier alpha value is -1.36. The van der Waals surface area contributed by atoms with Crippen molar-refractivity contribution in [1.82, 2.24) is 5.32 Å². The maximum absolute atomic E-state index is 13.4. The highest BCUT2D eigenvalue weighted by Gasteiger charge is 2.16. The van der Waals surface area contributed by atoms with Crippen LogP contribution in [0.4, 0.5) is 14.5 Å². The Morgan fingerprint density at radius 1 is 1.13 bits per heavy atom. The number of anilines is 1. The van der Waals surface area contributed by atoms with E-state index in [0.29, 0.717) is 19.2 Å². The van der Waals surface area contributed by atoms with Gasteiger partial charge in [-0.2, -0.15) is 0 Å². The van der Waals surface area contributed by atoms with Crippen LogP contribution in [-0.2, 0) is 0 Å². The van der Waals surface area contributed by atoms with Crippen LogP contribution >= 0.6 is 0 Å². The molecule has 0 atom stereocenters. The minimum absolute atomic E-state index is 0.260. The molecule has 1 heterocycles. The summed E-state index contributed by atoms with van der Waals surface area (Å²) in [6.45, 7) is 2.83. The second kappa shape index (κ2) is 4.02. The SMILES string of the molecule is Oc1cc(N2CCNCC2)c(F)cc1F. The highest BCUT2D eigenvalue weighted by atomic mass is 19.1. The molecule has 0 aliphatic carbocycles. The third-order valence-corrected chi connectivity index (χ3v) is 2.47. The van der Waals surface area contributed by atoms with Gasteiger partial charge in [0.05, 0.1) is 5.69 Å². The van der Waals surface area contributed by atoms with E-state index < -0.39 is 17.4 Å². The van der Waals surface area contributed by atoms with Crippen LogP contribution in [0.2, 0.25) is 0 Å². The summed E-state index contributed by atoms with van der Waals surface area (Å²) in [6.07, 6.45) is 0. The van der Waals surface area contributed by atoms with Crippen LogP contribution in [0.1, 0.15) is 0 Å². The van der Waals surface area contributed by atoms with E-state index >= 15 is 0 Å². The van der Waals surface area contributed by atoms with Crippen LogP contribution in [0.5, 0.6) is 5.75 Å². The molecule has 0 spiro atoms. The summed E-state index contributed by atoms with van der Waals surface area (Å²) in [7, 11) is 0. The normalized spacial score (nSPS) is 16.8. The fraction of sp³-hybridized carbons (Fsp3) is 0.400.